The molecule has 1 N–H and O–H groups in total. The van der Waals surface area contributed by atoms with E-state index in [4.69, 9.17) is 0 Å². The Kier molecular flexibility index (Phi) is 5.02. The van der Waals surface area contributed by atoms with Crippen molar-refractivity contribution in [3.05, 3.63) is 30.1 Å². The number of hydrogen-bond donors (Lipinski definition) is 1. The van der Waals surface area contributed by atoms with E-state index in [9.17, 15) is 17.6 Å². The summed E-state index contributed by atoms with van der Waals surface area (Å²) in [6, 6.07) is 6.70. The number of benzene rings is 1. The molecule has 1 aromatic carbocycles. The summed E-state index contributed by atoms with van der Waals surface area (Å²) in [5.41, 5.74) is -0.0690. The number of anilines is 1. The molecular formula is C17H24FN3O3S. The number of para-hydroxylation sites is 1. The highest BCUT2D eigenvalue weighted by molar-refractivity contribution is 7.91. The van der Waals surface area contributed by atoms with E-state index < -0.39 is 15.4 Å². The van der Waals surface area contributed by atoms with Crippen LogP contribution in [0.3, 0.4) is 0 Å². The van der Waals surface area contributed by atoms with Gasteiger partial charge in [0, 0.05) is 26.2 Å². The van der Waals surface area contributed by atoms with Gasteiger partial charge in [0.2, 0.25) is 5.91 Å². The molecule has 0 saturated carbocycles. The fourth-order valence-electron chi connectivity index (χ4n) is 3.54. The van der Waals surface area contributed by atoms with Crippen LogP contribution < -0.4 is 10.2 Å². The second-order valence-corrected chi connectivity index (χ2v) is 9.35. The van der Waals surface area contributed by atoms with Gasteiger partial charge in [-0.05, 0) is 25.5 Å². The van der Waals surface area contributed by atoms with E-state index in [0.29, 0.717) is 38.3 Å². The molecule has 0 spiro atoms. The number of nitrogens with one attached hydrogen (secondary N) is 1. The molecule has 138 valence electrons. The minimum atomic E-state index is -3.05. The molecule has 1 atom stereocenters. The summed E-state index contributed by atoms with van der Waals surface area (Å²) in [5, 5.41) is 2.88. The number of hydrogen-bond acceptors (Lipinski definition) is 5. The van der Waals surface area contributed by atoms with Crippen LogP contribution in [0.25, 0.3) is 0 Å². The Labute approximate surface area is 147 Å². The van der Waals surface area contributed by atoms with Gasteiger partial charge < -0.3 is 10.2 Å². The average molecular weight is 369 g/mol. The van der Waals surface area contributed by atoms with Crippen molar-refractivity contribution in [1.82, 2.24) is 10.2 Å². The van der Waals surface area contributed by atoms with Crippen molar-refractivity contribution in [2.24, 2.45) is 0 Å². The van der Waals surface area contributed by atoms with Crippen LogP contribution >= 0.6 is 0 Å². The molecule has 2 aliphatic rings. The van der Waals surface area contributed by atoms with Crippen molar-refractivity contribution in [3.8, 4) is 0 Å². The molecular weight excluding hydrogens is 345 g/mol. The molecule has 0 aromatic heterocycles. The third-order valence-corrected chi connectivity index (χ3v) is 6.78. The molecule has 2 heterocycles. The topological polar surface area (TPSA) is 69.7 Å². The van der Waals surface area contributed by atoms with Gasteiger partial charge in [-0.15, -0.1) is 0 Å². The summed E-state index contributed by atoms with van der Waals surface area (Å²) in [6.45, 7) is 4.65. The molecule has 1 unspecified atom stereocenters. The molecule has 2 fully saturated rings. The smallest absolute Gasteiger partial charge is 0.234 e. The quantitative estimate of drug-likeness (QED) is 0.844. The highest BCUT2D eigenvalue weighted by atomic mass is 32.2. The van der Waals surface area contributed by atoms with Gasteiger partial charge in [-0.1, -0.05) is 12.1 Å². The zero-order valence-corrected chi connectivity index (χ0v) is 15.2. The molecule has 0 radical (unpaired) electrons. The fourth-order valence-corrected chi connectivity index (χ4v) is 5.64. The molecule has 6 nitrogen and oxygen atoms in total. The van der Waals surface area contributed by atoms with Crippen LogP contribution in [0.15, 0.2) is 24.3 Å². The molecule has 1 amide bonds. The van der Waals surface area contributed by atoms with Crippen LogP contribution in [-0.2, 0) is 14.6 Å². The molecule has 2 aliphatic heterocycles. The minimum Gasteiger partial charge on any atom is -0.367 e. The predicted octanol–water partition coefficient (Wildman–Crippen LogP) is 0.641. The Hall–Kier alpha value is -1.67. The number of nitrogens with zero attached hydrogens (tertiary/aromatic N) is 2. The van der Waals surface area contributed by atoms with Crippen molar-refractivity contribution in [2.75, 3.05) is 49.1 Å². The largest absolute Gasteiger partial charge is 0.367 e. The van der Waals surface area contributed by atoms with E-state index in [-0.39, 0.29) is 29.8 Å². The maximum Gasteiger partial charge on any atom is 0.234 e. The van der Waals surface area contributed by atoms with Crippen LogP contribution in [0.4, 0.5) is 10.1 Å². The molecule has 1 aromatic rings. The number of carbonyl (C=O) groups is 1. The van der Waals surface area contributed by atoms with Gasteiger partial charge in [0.1, 0.15) is 5.82 Å². The van der Waals surface area contributed by atoms with E-state index >= 15 is 0 Å². The summed E-state index contributed by atoms with van der Waals surface area (Å²) in [4.78, 5) is 16.3. The van der Waals surface area contributed by atoms with E-state index in [1.807, 2.05) is 15.9 Å². The maximum absolute atomic E-state index is 13.8. The van der Waals surface area contributed by atoms with Crippen LogP contribution in [0.1, 0.15) is 13.3 Å². The predicted molar refractivity (Wildman–Crippen MR) is 94.9 cm³/mol. The van der Waals surface area contributed by atoms with Crippen molar-refractivity contribution in [2.45, 2.75) is 18.9 Å². The monoisotopic (exact) mass is 369 g/mol. The second-order valence-electron chi connectivity index (χ2n) is 7.17. The molecule has 8 heteroatoms. The third kappa shape index (κ3) is 4.49. The van der Waals surface area contributed by atoms with Gasteiger partial charge in [0.05, 0.1) is 29.3 Å². The van der Waals surface area contributed by atoms with E-state index in [1.54, 1.807) is 19.1 Å². The summed E-state index contributed by atoms with van der Waals surface area (Å²) in [5.74, 6) is -0.249. The first kappa shape index (κ1) is 18.1. The van der Waals surface area contributed by atoms with Gasteiger partial charge in [-0.25, -0.2) is 12.8 Å². The van der Waals surface area contributed by atoms with Crippen molar-refractivity contribution in [1.29, 1.82) is 0 Å². The Balaban J connectivity index is 1.49. The van der Waals surface area contributed by atoms with Crippen molar-refractivity contribution < 1.29 is 17.6 Å². The van der Waals surface area contributed by atoms with Crippen LogP contribution in [0.2, 0.25) is 0 Å². The first-order chi connectivity index (χ1) is 11.8. The summed E-state index contributed by atoms with van der Waals surface area (Å²) in [7, 11) is -3.05. The first-order valence-electron chi connectivity index (χ1n) is 8.50. The zero-order valence-electron chi connectivity index (χ0n) is 14.4. The Morgan fingerprint density at radius 2 is 1.92 bits per heavy atom. The van der Waals surface area contributed by atoms with Crippen LogP contribution in [0, 0.1) is 5.82 Å². The number of halogens is 1. The van der Waals surface area contributed by atoms with Gasteiger partial charge in [0.15, 0.2) is 9.84 Å². The number of piperazine rings is 1. The molecule has 3 rings (SSSR count). The molecule has 25 heavy (non-hydrogen) atoms. The Bertz CT molecular complexity index is 747. The lowest BCUT2D eigenvalue weighted by atomic mass is 10.0. The lowest BCUT2D eigenvalue weighted by molar-refractivity contribution is -0.123. The Morgan fingerprint density at radius 1 is 1.24 bits per heavy atom. The van der Waals surface area contributed by atoms with E-state index in [0.717, 1.165) is 0 Å². The summed E-state index contributed by atoms with van der Waals surface area (Å²) < 4.78 is 37.1. The number of rotatable bonds is 4. The van der Waals surface area contributed by atoms with E-state index in [2.05, 4.69) is 5.32 Å². The fraction of sp³-hybridized carbons (Fsp3) is 0.588. The van der Waals surface area contributed by atoms with Crippen LogP contribution in [-0.4, -0.2) is 69.0 Å². The van der Waals surface area contributed by atoms with Gasteiger partial charge >= 0.3 is 0 Å². The minimum absolute atomic E-state index is 0.00675. The van der Waals surface area contributed by atoms with Gasteiger partial charge in [-0.3, -0.25) is 9.69 Å². The number of amides is 1. The third-order valence-electron chi connectivity index (χ3n) is 4.88. The standard InChI is InChI=1S/C17H24FN3O3S/c1-17(6-11-25(23,24)13-17)19-16(22)12-20-7-9-21(10-8-20)15-5-3-2-4-14(15)18/h2-5H,6-13H2,1H3,(H,19,22). The summed E-state index contributed by atoms with van der Waals surface area (Å²) >= 11 is 0. The number of carbonyl (C=O) groups excluding carboxylic acids is 1. The van der Waals surface area contributed by atoms with Gasteiger partial charge in [-0.2, -0.15) is 0 Å². The van der Waals surface area contributed by atoms with E-state index in [1.165, 1.54) is 6.07 Å². The highest BCUT2D eigenvalue weighted by Crippen LogP contribution is 2.23. The van der Waals surface area contributed by atoms with Crippen LogP contribution in [0.5, 0.6) is 0 Å². The SMILES string of the molecule is CC1(NC(=O)CN2CCN(c3ccccc3F)CC2)CCS(=O)(=O)C1. The zero-order chi connectivity index (χ0) is 18.1. The molecule has 0 aliphatic carbocycles. The van der Waals surface area contributed by atoms with Crippen molar-refractivity contribution in [3.63, 3.8) is 0 Å². The lowest BCUT2D eigenvalue weighted by Gasteiger charge is -2.36. The van der Waals surface area contributed by atoms with Crippen molar-refractivity contribution >= 4 is 21.4 Å². The van der Waals surface area contributed by atoms with Gasteiger partial charge in [0.25, 0.3) is 0 Å². The average Bonchev–Trinajstić information content (AvgIpc) is 2.81. The Morgan fingerprint density at radius 3 is 2.52 bits per heavy atom. The molecule has 0 bridgehead atoms. The highest BCUT2D eigenvalue weighted by Gasteiger charge is 2.39. The number of sulfone groups is 1. The summed E-state index contributed by atoms with van der Waals surface area (Å²) in [6.07, 6.45) is 0.460. The first-order valence-corrected chi connectivity index (χ1v) is 10.3. The lowest BCUT2D eigenvalue weighted by Crippen LogP contribution is -2.53. The normalized spacial score (nSPS) is 26.6. The second kappa shape index (κ2) is 6.92. The molecule has 2 saturated heterocycles. The maximum atomic E-state index is 13.8.